The number of phenols is 1. The third-order valence-corrected chi connectivity index (χ3v) is 2.71. The van der Waals surface area contributed by atoms with Gasteiger partial charge in [-0.2, -0.15) is 5.26 Å². The van der Waals surface area contributed by atoms with Gasteiger partial charge in [-0.1, -0.05) is 6.07 Å². The van der Waals surface area contributed by atoms with Crippen LogP contribution in [0.1, 0.15) is 21.5 Å². The van der Waals surface area contributed by atoms with Crippen molar-refractivity contribution in [2.45, 2.75) is 6.92 Å². The summed E-state index contributed by atoms with van der Waals surface area (Å²) >= 11 is 0. The fourth-order valence-electron chi connectivity index (χ4n) is 1.67. The number of benzene rings is 2. The zero-order chi connectivity index (χ0) is 13.8. The van der Waals surface area contributed by atoms with Crippen LogP contribution in [0.3, 0.4) is 0 Å². The van der Waals surface area contributed by atoms with E-state index < -0.39 is 0 Å². The van der Waals surface area contributed by atoms with Crippen LogP contribution in [0.2, 0.25) is 0 Å². The van der Waals surface area contributed by atoms with Gasteiger partial charge in [0.1, 0.15) is 5.75 Å². The fraction of sp³-hybridized carbons (Fsp3) is 0.0667. The number of nitrogens with zero attached hydrogens (tertiary/aromatic N) is 1. The zero-order valence-corrected chi connectivity index (χ0v) is 10.3. The van der Waals surface area contributed by atoms with Gasteiger partial charge in [-0.05, 0) is 48.9 Å². The van der Waals surface area contributed by atoms with Crippen LogP contribution in [0, 0.1) is 18.3 Å². The third kappa shape index (κ3) is 2.90. The van der Waals surface area contributed by atoms with Crippen molar-refractivity contribution in [3.63, 3.8) is 0 Å². The van der Waals surface area contributed by atoms with Crippen LogP contribution >= 0.6 is 0 Å². The summed E-state index contributed by atoms with van der Waals surface area (Å²) in [6, 6.07) is 13.3. The molecule has 0 unspecified atom stereocenters. The number of hydrogen-bond acceptors (Lipinski definition) is 3. The Labute approximate surface area is 110 Å². The minimum atomic E-state index is -0.279. The van der Waals surface area contributed by atoms with Gasteiger partial charge in [0.2, 0.25) is 0 Å². The number of hydrogen-bond donors (Lipinski definition) is 2. The van der Waals surface area contributed by atoms with Gasteiger partial charge >= 0.3 is 0 Å². The normalized spacial score (nSPS) is 9.68. The van der Waals surface area contributed by atoms with Crippen molar-refractivity contribution in [1.82, 2.24) is 0 Å². The van der Waals surface area contributed by atoms with Gasteiger partial charge in [0.05, 0.1) is 11.6 Å². The highest BCUT2D eigenvalue weighted by molar-refractivity contribution is 6.04. The molecule has 0 aliphatic rings. The molecule has 0 atom stereocenters. The summed E-state index contributed by atoms with van der Waals surface area (Å²) in [5.41, 5.74) is 2.14. The minimum absolute atomic E-state index is 0.156. The second kappa shape index (κ2) is 5.23. The molecule has 4 heteroatoms. The highest BCUT2D eigenvalue weighted by atomic mass is 16.3. The summed E-state index contributed by atoms with van der Waals surface area (Å²) in [6.45, 7) is 1.72. The van der Waals surface area contributed by atoms with Gasteiger partial charge in [-0.15, -0.1) is 0 Å². The molecule has 0 spiro atoms. The molecule has 0 aliphatic heterocycles. The average Bonchev–Trinajstić information content (AvgIpc) is 2.42. The number of nitrogens with one attached hydrogen (secondary N) is 1. The lowest BCUT2D eigenvalue weighted by molar-refractivity contribution is 0.102. The maximum atomic E-state index is 12.0. The van der Waals surface area contributed by atoms with Gasteiger partial charge < -0.3 is 10.4 Å². The first-order valence-electron chi connectivity index (χ1n) is 5.71. The number of amides is 1. The number of phenolic OH excluding ortho intramolecular Hbond substituents is 1. The lowest BCUT2D eigenvalue weighted by atomic mass is 10.1. The monoisotopic (exact) mass is 252 g/mol. The van der Waals surface area contributed by atoms with E-state index in [0.29, 0.717) is 22.4 Å². The quantitative estimate of drug-likeness (QED) is 0.863. The summed E-state index contributed by atoms with van der Waals surface area (Å²) in [5, 5.41) is 20.9. The number of nitriles is 1. The van der Waals surface area contributed by atoms with Crippen molar-refractivity contribution in [2.24, 2.45) is 0 Å². The number of aryl methyl sites for hydroxylation is 1. The van der Waals surface area contributed by atoms with E-state index in [1.807, 2.05) is 6.07 Å². The molecule has 0 bridgehead atoms. The molecule has 19 heavy (non-hydrogen) atoms. The van der Waals surface area contributed by atoms with Crippen LogP contribution in [0.15, 0.2) is 42.5 Å². The summed E-state index contributed by atoms with van der Waals surface area (Å²) in [4.78, 5) is 12.0. The molecule has 0 fully saturated rings. The third-order valence-electron chi connectivity index (χ3n) is 2.71. The second-order valence-corrected chi connectivity index (χ2v) is 4.15. The van der Waals surface area contributed by atoms with E-state index in [4.69, 9.17) is 5.26 Å². The van der Waals surface area contributed by atoms with Crippen molar-refractivity contribution < 1.29 is 9.90 Å². The van der Waals surface area contributed by atoms with Crippen molar-refractivity contribution >= 4 is 11.6 Å². The van der Waals surface area contributed by atoms with Crippen LogP contribution in [-0.4, -0.2) is 11.0 Å². The number of carbonyl (C=O) groups is 1. The maximum absolute atomic E-state index is 12.0. The Morgan fingerprint density at radius 2 is 2.05 bits per heavy atom. The van der Waals surface area contributed by atoms with Crippen molar-refractivity contribution in [3.05, 3.63) is 59.2 Å². The molecular weight excluding hydrogens is 240 g/mol. The van der Waals surface area contributed by atoms with Crippen LogP contribution in [0.5, 0.6) is 5.75 Å². The van der Waals surface area contributed by atoms with E-state index in [9.17, 15) is 9.90 Å². The van der Waals surface area contributed by atoms with Gasteiger partial charge in [0, 0.05) is 11.3 Å². The Bertz CT molecular complexity index is 672. The van der Waals surface area contributed by atoms with Gasteiger partial charge in [0.25, 0.3) is 5.91 Å². The first kappa shape index (κ1) is 12.7. The second-order valence-electron chi connectivity index (χ2n) is 4.15. The molecule has 0 aliphatic carbocycles. The van der Waals surface area contributed by atoms with E-state index in [0.717, 1.165) is 0 Å². The van der Waals surface area contributed by atoms with Gasteiger partial charge in [-0.3, -0.25) is 4.79 Å². The van der Waals surface area contributed by atoms with Crippen molar-refractivity contribution in [3.8, 4) is 11.8 Å². The molecule has 4 nitrogen and oxygen atoms in total. The molecule has 0 heterocycles. The Morgan fingerprint density at radius 3 is 2.74 bits per heavy atom. The predicted octanol–water partition coefficient (Wildman–Crippen LogP) is 2.82. The molecule has 1 amide bonds. The Morgan fingerprint density at radius 1 is 1.26 bits per heavy atom. The average molecular weight is 252 g/mol. The summed E-state index contributed by atoms with van der Waals surface area (Å²) in [5.74, 6) is -0.124. The number of carbonyl (C=O) groups excluding carboxylic acids is 1. The molecule has 2 rings (SSSR count). The molecule has 2 aromatic carbocycles. The summed E-state index contributed by atoms with van der Waals surface area (Å²) < 4.78 is 0. The Hall–Kier alpha value is -2.80. The molecule has 0 aromatic heterocycles. The van der Waals surface area contributed by atoms with Crippen LogP contribution in [0.4, 0.5) is 5.69 Å². The van der Waals surface area contributed by atoms with E-state index in [1.165, 1.54) is 6.07 Å². The Balaban J connectivity index is 2.21. The fourth-order valence-corrected chi connectivity index (χ4v) is 1.67. The minimum Gasteiger partial charge on any atom is -0.508 e. The highest BCUT2D eigenvalue weighted by Crippen LogP contribution is 2.18. The molecule has 2 N–H and O–H groups in total. The predicted molar refractivity (Wildman–Crippen MR) is 72.0 cm³/mol. The Kier molecular flexibility index (Phi) is 3.48. The molecule has 0 radical (unpaired) electrons. The van der Waals surface area contributed by atoms with Gasteiger partial charge in [0.15, 0.2) is 0 Å². The molecule has 94 valence electrons. The van der Waals surface area contributed by atoms with E-state index in [1.54, 1.807) is 43.3 Å². The maximum Gasteiger partial charge on any atom is 0.255 e. The first-order chi connectivity index (χ1) is 9.10. The summed E-state index contributed by atoms with van der Waals surface area (Å²) in [6.07, 6.45) is 0. The van der Waals surface area contributed by atoms with Crippen LogP contribution in [0.25, 0.3) is 0 Å². The zero-order valence-electron chi connectivity index (χ0n) is 10.3. The molecule has 0 saturated heterocycles. The van der Waals surface area contributed by atoms with Gasteiger partial charge in [-0.25, -0.2) is 0 Å². The van der Waals surface area contributed by atoms with E-state index in [-0.39, 0.29) is 11.7 Å². The topological polar surface area (TPSA) is 73.1 Å². The number of rotatable bonds is 2. The number of aromatic hydroxyl groups is 1. The number of anilines is 1. The smallest absolute Gasteiger partial charge is 0.255 e. The lowest BCUT2D eigenvalue weighted by Crippen LogP contribution is -2.12. The molecule has 2 aromatic rings. The lowest BCUT2D eigenvalue weighted by Gasteiger charge is -2.07. The molecular formula is C15H12N2O2. The van der Waals surface area contributed by atoms with E-state index in [2.05, 4.69) is 5.32 Å². The molecule has 0 saturated carbocycles. The summed E-state index contributed by atoms with van der Waals surface area (Å²) in [7, 11) is 0. The standard InChI is InChI=1S/C15H12N2O2/c1-10-7-12(5-6-14(10)18)15(19)17-13-4-2-3-11(8-13)9-16/h2-8,18H,1H3,(H,17,19). The van der Waals surface area contributed by atoms with Crippen molar-refractivity contribution in [1.29, 1.82) is 5.26 Å². The van der Waals surface area contributed by atoms with Crippen LogP contribution < -0.4 is 5.32 Å². The first-order valence-corrected chi connectivity index (χ1v) is 5.71. The van der Waals surface area contributed by atoms with Crippen LogP contribution in [-0.2, 0) is 0 Å². The largest absolute Gasteiger partial charge is 0.508 e. The SMILES string of the molecule is Cc1cc(C(=O)Nc2cccc(C#N)c2)ccc1O. The van der Waals surface area contributed by atoms with E-state index >= 15 is 0 Å². The highest BCUT2D eigenvalue weighted by Gasteiger charge is 2.08. The van der Waals surface area contributed by atoms with Crippen molar-refractivity contribution in [2.75, 3.05) is 5.32 Å².